The third-order valence-corrected chi connectivity index (χ3v) is 7.40. The Hall–Kier alpha value is -3.35. The molecule has 1 saturated heterocycles. The minimum atomic E-state index is -0.940. The molecule has 32 heavy (non-hydrogen) atoms. The molecule has 1 aliphatic heterocycles. The molecule has 160 valence electrons. The van der Waals surface area contributed by atoms with E-state index < -0.39 is 23.5 Å². The van der Waals surface area contributed by atoms with Gasteiger partial charge in [-0.1, -0.05) is 48.5 Å². The minimum Gasteiger partial charge on any atom is -0.355 e. The fourth-order valence-electron chi connectivity index (χ4n) is 6.45. The van der Waals surface area contributed by atoms with Crippen LogP contribution >= 0.6 is 0 Å². The summed E-state index contributed by atoms with van der Waals surface area (Å²) in [5.74, 6) is -1.78. The Morgan fingerprint density at radius 1 is 0.844 bits per heavy atom. The molecule has 0 unspecified atom stereocenters. The first-order valence-corrected chi connectivity index (χ1v) is 10.7. The lowest BCUT2D eigenvalue weighted by molar-refractivity contribution is -0.168. The van der Waals surface area contributed by atoms with E-state index in [4.69, 9.17) is 9.47 Å². The number of pyridine rings is 1. The van der Waals surface area contributed by atoms with E-state index in [9.17, 15) is 9.59 Å². The average molecular weight is 426 g/mol. The van der Waals surface area contributed by atoms with E-state index in [0.29, 0.717) is 5.69 Å². The second-order valence-electron chi connectivity index (χ2n) is 8.55. The van der Waals surface area contributed by atoms with E-state index in [2.05, 4.69) is 17.1 Å². The van der Waals surface area contributed by atoms with Crippen LogP contribution in [0.5, 0.6) is 0 Å². The van der Waals surface area contributed by atoms with E-state index in [1.807, 2.05) is 36.4 Å². The molecule has 1 aromatic heterocycles. The van der Waals surface area contributed by atoms with Gasteiger partial charge in [0.25, 0.3) is 0 Å². The first-order chi connectivity index (χ1) is 15.7. The van der Waals surface area contributed by atoms with Crippen molar-refractivity contribution in [1.29, 1.82) is 0 Å². The first-order valence-electron chi connectivity index (χ1n) is 10.7. The second-order valence-corrected chi connectivity index (χ2v) is 8.55. The van der Waals surface area contributed by atoms with Gasteiger partial charge in [-0.15, -0.1) is 0 Å². The summed E-state index contributed by atoms with van der Waals surface area (Å²) in [5, 5.41) is 0. The van der Waals surface area contributed by atoms with Crippen molar-refractivity contribution >= 4 is 17.5 Å². The molecule has 3 aromatic rings. The molecule has 2 heterocycles. The molecule has 6 heteroatoms. The van der Waals surface area contributed by atoms with Crippen LogP contribution in [0.15, 0.2) is 73.1 Å². The summed E-state index contributed by atoms with van der Waals surface area (Å²) >= 11 is 0. The van der Waals surface area contributed by atoms with Crippen molar-refractivity contribution in [3.8, 4) is 0 Å². The molecule has 2 atom stereocenters. The maximum atomic E-state index is 14.1. The SMILES string of the molecule is COC(OC)C12c3ccccc3C(c3ccccc31)[C@@H]1C(=O)N(c3ccncc3)C(=O)[C@H]12. The maximum absolute atomic E-state index is 14.1. The zero-order chi connectivity index (χ0) is 22.0. The van der Waals surface area contributed by atoms with Crippen molar-refractivity contribution < 1.29 is 19.1 Å². The van der Waals surface area contributed by atoms with Crippen LogP contribution in [0.4, 0.5) is 5.69 Å². The van der Waals surface area contributed by atoms with Gasteiger partial charge >= 0.3 is 0 Å². The monoisotopic (exact) mass is 426 g/mol. The number of anilines is 1. The summed E-state index contributed by atoms with van der Waals surface area (Å²) in [4.78, 5) is 33.4. The zero-order valence-electron chi connectivity index (χ0n) is 17.8. The molecule has 7 rings (SSSR count). The van der Waals surface area contributed by atoms with Crippen LogP contribution in [-0.4, -0.2) is 37.3 Å². The van der Waals surface area contributed by atoms with E-state index in [0.717, 1.165) is 22.3 Å². The molecule has 0 radical (unpaired) electrons. The summed E-state index contributed by atoms with van der Waals surface area (Å²) in [6, 6.07) is 19.6. The topological polar surface area (TPSA) is 68.7 Å². The predicted molar refractivity (Wildman–Crippen MR) is 117 cm³/mol. The lowest BCUT2D eigenvalue weighted by Crippen LogP contribution is -2.60. The summed E-state index contributed by atoms with van der Waals surface area (Å²) < 4.78 is 11.8. The Kier molecular flexibility index (Phi) is 4.12. The van der Waals surface area contributed by atoms with E-state index in [1.54, 1.807) is 38.7 Å². The molecule has 2 bridgehead atoms. The van der Waals surface area contributed by atoms with Crippen LogP contribution in [0.3, 0.4) is 0 Å². The van der Waals surface area contributed by atoms with E-state index in [-0.39, 0.29) is 17.7 Å². The fraction of sp³-hybridized carbons (Fsp3) is 0.269. The number of methoxy groups -OCH3 is 2. The molecule has 2 aromatic carbocycles. The maximum Gasteiger partial charge on any atom is 0.239 e. The molecule has 0 saturated carbocycles. The van der Waals surface area contributed by atoms with Gasteiger partial charge in [-0.2, -0.15) is 0 Å². The van der Waals surface area contributed by atoms with Crippen LogP contribution in [0.25, 0.3) is 0 Å². The molecule has 1 fully saturated rings. The average Bonchev–Trinajstić information content (AvgIpc) is 3.11. The van der Waals surface area contributed by atoms with Gasteiger partial charge in [-0.05, 0) is 34.4 Å². The zero-order valence-corrected chi connectivity index (χ0v) is 17.8. The summed E-state index contributed by atoms with van der Waals surface area (Å²) in [5.41, 5.74) is 3.71. The Balaban J connectivity index is 1.69. The van der Waals surface area contributed by atoms with Crippen LogP contribution in [0.1, 0.15) is 28.2 Å². The van der Waals surface area contributed by atoms with Gasteiger partial charge in [-0.3, -0.25) is 14.6 Å². The number of carbonyl (C=O) groups is 2. The Bertz CT molecular complexity index is 1190. The molecule has 2 amide bonds. The summed E-state index contributed by atoms with van der Waals surface area (Å²) in [6.45, 7) is 0. The second kappa shape index (κ2) is 6.82. The van der Waals surface area contributed by atoms with Crippen molar-refractivity contribution in [3.63, 3.8) is 0 Å². The molecule has 0 spiro atoms. The van der Waals surface area contributed by atoms with E-state index >= 15 is 0 Å². The minimum absolute atomic E-state index is 0.185. The number of ether oxygens (including phenoxy) is 2. The van der Waals surface area contributed by atoms with Gasteiger partial charge in [-0.25, -0.2) is 4.90 Å². The highest BCUT2D eigenvalue weighted by Gasteiger charge is 2.71. The molecule has 4 aliphatic rings. The molecule has 0 N–H and O–H groups in total. The van der Waals surface area contributed by atoms with Crippen LogP contribution in [0.2, 0.25) is 0 Å². The van der Waals surface area contributed by atoms with Crippen molar-refractivity contribution in [2.45, 2.75) is 17.6 Å². The third kappa shape index (κ3) is 2.13. The van der Waals surface area contributed by atoms with Gasteiger partial charge in [0.1, 0.15) is 0 Å². The highest BCUT2D eigenvalue weighted by atomic mass is 16.7. The molecule has 3 aliphatic carbocycles. The van der Waals surface area contributed by atoms with Gasteiger partial charge in [0, 0.05) is 32.5 Å². The van der Waals surface area contributed by atoms with Crippen LogP contribution < -0.4 is 4.90 Å². The lowest BCUT2D eigenvalue weighted by Gasteiger charge is -2.56. The Labute approximate surface area is 185 Å². The van der Waals surface area contributed by atoms with Gasteiger partial charge in [0.05, 0.1) is 22.9 Å². The first kappa shape index (κ1) is 19.3. The molecular formula is C26H22N2O4. The third-order valence-electron chi connectivity index (χ3n) is 7.40. The number of nitrogens with zero attached hydrogens (tertiary/aromatic N) is 2. The van der Waals surface area contributed by atoms with Crippen molar-refractivity contribution in [1.82, 2.24) is 4.98 Å². The van der Waals surface area contributed by atoms with Gasteiger partial charge in [0.2, 0.25) is 11.8 Å². The molecular weight excluding hydrogens is 404 g/mol. The molecule has 6 nitrogen and oxygen atoms in total. The van der Waals surface area contributed by atoms with Crippen LogP contribution in [0, 0.1) is 11.8 Å². The fourth-order valence-corrected chi connectivity index (χ4v) is 6.45. The van der Waals surface area contributed by atoms with Crippen molar-refractivity contribution in [2.24, 2.45) is 11.8 Å². The predicted octanol–water partition coefficient (Wildman–Crippen LogP) is 3.25. The number of rotatable bonds is 4. The highest BCUT2D eigenvalue weighted by molar-refractivity contribution is 6.23. The van der Waals surface area contributed by atoms with Gasteiger partial charge < -0.3 is 9.47 Å². The van der Waals surface area contributed by atoms with Crippen molar-refractivity contribution in [2.75, 3.05) is 19.1 Å². The standard InChI is InChI=1S/C26H22N2O4/c1-31-25(32-2)26-18-9-5-3-7-16(18)20(17-8-4-6-10-19(17)26)21-22(26)24(30)28(23(21)29)15-11-13-27-14-12-15/h3-14,20-22,25H,1-2H3/t20?,21-,22-,26?/m0/s1. The van der Waals surface area contributed by atoms with Gasteiger partial charge in [0.15, 0.2) is 6.29 Å². The number of imide groups is 1. The number of carbonyl (C=O) groups excluding carboxylic acids is 2. The Morgan fingerprint density at radius 3 is 1.97 bits per heavy atom. The Morgan fingerprint density at radius 2 is 1.41 bits per heavy atom. The number of hydrogen-bond acceptors (Lipinski definition) is 5. The van der Waals surface area contributed by atoms with Crippen LogP contribution in [-0.2, 0) is 24.5 Å². The number of amides is 2. The quantitative estimate of drug-likeness (QED) is 0.473. The van der Waals surface area contributed by atoms with Crippen molar-refractivity contribution in [3.05, 3.63) is 95.3 Å². The smallest absolute Gasteiger partial charge is 0.239 e. The lowest BCUT2D eigenvalue weighted by atomic mass is 9.47. The summed E-state index contributed by atoms with van der Waals surface area (Å²) in [6.07, 6.45) is 2.45. The van der Waals surface area contributed by atoms with E-state index in [1.165, 1.54) is 4.90 Å². The number of aromatic nitrogens is 1. The number of hydrogen-bond donors (Lipinski definition) is 0. The number of benzene rings is 2. The summed E-state index contributed by atoms with van der Waals surface area (Å²) in [7, 11) is 3.18. The largest absolute Gasteiger partial charge is 0.355 e. The highest BCUT2D eigenvalue weighted by Crippen LogP contribution is 2.65. The normalized spacial score (nSPS) is 27.5.